The highest BCUT2D eigenvalue weighted by Gasteiger charge is 2.33. The minimum atomic E-state index is -4.69. The molecule has 0 spiro atoms. The molecule has 2 aromatic carbocycles. The molecule has 0 aromatic heterocycles. The average molecular weight is 383 g/mol. The van der Waals surface area contributed by atoms with Gasteiger partial charge in [0.05, 0.1) is 16.1 Å². The lowest BCUT2D eigenvalue weighted by Gasteiger charge is -2.13. The summed E-state index contributed by atoms with van der Waals surface area (Å²) >= 11 is 5.48. The van der Waals surface area contributed by atoms with Crippen LogP contribution in [0.25, 0.3) is 0 Å². The first-order valence-electron chi connectivity index (χ1n) is 6.66. The van der Waals surface area contributed by atoms with Gasteiger partial charge in [-0.2, -0.15) is 26.3 Å². The van der Waals surface area contributed by atoms with Crippen molar-refractivity contribution in [2.45, 2.75) is 19.0 Å². The van der Waals surface area contributed by atoms with Crippen molar-refractivity contribution in [3.63, 3.8) is 0 Å². The van der Waals surface area contributed by atoms with Gasteiger partial charge < -0.3 is 4.74 Å². The van der Waals surface area contributed by atoms with Gasteiger partial charge in [0.25, 0.3) is 0 Å². The first-order valence-corrected chi connectivity index (χ1v) is 7.04. The Labute approximate surface area is 143 Å². The van der Waals surface area contributed by atoms with Crippen LogP contribution in [0, 0.1) is 0 Å². The second kappa shape index (κ2) is 6.95. The van der Waals surface area contributed by atoms with Crippen LogP contribution in [0.1, 0.15) is 27.0 Å². The quantitative estimate of drug-likeness (QED) is 0.495. The zero-order chi connectivity index (χ0) is 18.8. The largest absolute Gasteiger partial charge is 0.489 e. The molecule has 0 atom stereocenters. The Morgan fingerprint density at radius 1 is 0.960 bits per heavy atom. The van der Waals surface area contributed by atoms with Crippen molar-refractivity contribution in [3.8, 4) is 5.75 Å². The number of carbonyl (C=O) groups excluding carboxylic acids is 1. The second-order valence-corrected chi connectivity index (χ2v) is 5.41. The normalized spacial score (nSPS) is 12.1. The van der Waals surface area contributed by atoms with Crippen LogP contribution in [0.3, 0.4) is 0 Å². The lowest BCUT2D eigenvalue weighted by Crippen LogP contribution is -2.08. The molecule has 0 aliphatic heterocycles. The minimum absolute atomic E-state index is 0.0572. The van der Waals surface area contributed by atoms with E-state index < -0.39 is 35.1 Å². The Kier molecular flexibility index (Phi) is 5.31. The predicted molar refractivity (Wildman–Crippen MR) is 77.6 cm³/mol. The lowest BCUT2D eigenvalue weighted by molar-refractivity contribution is -0.138. The first-order chi connectivity index (χ1) is 11.5. The molecule has 0 fully saturated rings. The van der Waals surface area contributed by atoms with E-state index in [0.717, 1.165) is 18.2 Å². The van der Waals surface area contributed by atoms with E-state index in [1.165, 1.54) is 6.07 Å². The fourth-order valence-electron chi connectivity index (χ4n) is 1.98. The Balaban J connectivity index is 2.26. The maximum absolute atomic E-state index is 12.8. The van der Waals surface area contributed by atoms with E-state index in [9.17, 15) is 31.1 Å². The Bertz CT molecular complexity index is 783. The molecule has 0 saturated heterocycles. The molecule has 0 N–H and O–H groups in total. The molecule has 25 heavy (non-hydrogen) atoms. The Hall–Kier alpha value is -2.22. The number of hydrogen-bond donors (Lipinski definition) is 0. The molecule has 0 amide bonds. The van der Waals surface area contributed by atoms with E-state index >= 15 is 0 Å². The van der Waals surface area contributed by atoms with Crippen LogP contribution >= 0.6 is 11.6 Å². The van der Waals surface area contributed by atoms with Gasteiger partial charge in [-0.1, -0.05) is 17.7 Å². The van der Waals surface area contributed by atoms with E-state index in [4.69, 9.17) is 16.3 Å². The van der Waals surface area contributed by atoms with Gasteiger partial charge in [0, 0.05) is 5.56 Å². The fraction of sp³-hybridized carbons (Fsp3) is 0.188. The third-order valence-electron chi connectivity index (χ3n) is 3.13. The minimum Gasteiger partial charge on any atom is -0.489 e. The average Bonchev–Trinajstić information content (AvgIpc) is 2.51. The molecule has 0 heterocycles. The Morgan fingerprint density at radius 2 is 1.64 bits per heavy atom. The maximum atomic E-state index is 12.8. The van der Waals surface area contributed by atoms with E-state index in [2.05, 4.69) is 0 Å². The summed E-state index contributed by atoms with van der Waals surface area (Å²) in [5, 5.41) is -0.501. The van der Waals surface area contributed by atoms with Crippen molar-refractivity contribution in [1.82, 2.24) is 0 Å². The number of alkyl halides is 6. The molecule has 134 valence electrons. The number of halogens is 7. The van der Waals surface area contributed by atoms with E-state index in [-0.39, 0.29) is 23.2 Å². The van der Waals surface area contributed by atoms with Crippen molar-refractivity contribution in [2.24, 2.45) is 0 Å². The molecule has 2 nitrogen and oxygen atoms in total. The van der Waals surface area contributed by atoms with Gasteiger partial charge in [0.2, 0.25) is 0 Å². The fourth-order valence-corrected chi connectivity index (χ4v) is 2.21. The van der Waals surface area contributed by atoms with Gasteiger partial charge in [-0.3, -0.25) is 4.79 Å². The zero-order valence-electron chi connectivity index (χ0n) is 12.2. The molecule has 0 radical (unpaired) electrons. The molecule has 2 rings (SSSR count). The molecule has 2 aromatic rings. The maximum Gasteiger partial charge on any atom is 0.417 e. The zero-order valence-corrected chi connectivity index (χ0v) is 13.0. The van der Waals surface area contributed by atoms with Crippen molar-refractivity contribution >= 4 is 17.9 Å². The summed E-state index contributed by atoms with van der Waals surface area (Å²) < 4.78 is 81.8. The van der Waals surface area contributed by atoms with Crippen molar-refractivity contribution < 1.29 is 35.9 Å². The van der Waals surface area contributed by atoms with Crippen LogP contribution in [-0.2, 0) is 19.0 Å². The van der Waals surface area contributed by atoms with Crippen LogP contribution in [0.2, 0.25) is 5.02 Å². The van der Waals surface area contributed by atoms with E-state index in [1.54, 1.807) is 0 Å². The van der Waals surface area contributed by atoms with Crippen LogP contribution in [0.4, 0.5) is 26.3 Å². The van der Waals surface area contributed by atoms with Crippen LogP contribution < -0.4 is 4.74 Å². The summed E-state index contributed by atoms with van der Waals surface area (Å²) in [5.41, 5.74) is -2.38. The van der Waals surface area contributed by atoms with Crippen LogP contribution in [0.15, 0.2) is 36.4 Å². The van der Waals surface area contributed by atoms with Gasteiger partial charge in [-0.25, -0.2) is 0 Å². The van der Waals surface area contributed by atoms with Crippen molar-refractivity contribution in [2.75, 3.05) is 0 Å². The smallest absolute Gasteiger partial charge is 0.417 e. The topological polar surface area (TPSA) is 26.3 Å². The summed E-state index contributed by atoms with van der Waals surface area (Å²) in [6, 6.07) is 5.38. The number of ether oxygens (including phenoxy) is 1. The molecule has 0 aliphatic carbocycles. The summed E-state index contributed by atoms with van der Waals surface area (Å²) in [6.07, 6.45) is -9.15. The second-order valence-electron chi connectivity index (χ2n) is 5.01. The van der Waals surface area contributed by atoms with Crippen LogP contribution in [0.5, 0.6) is 5.75 Å². The summed E-state index contributed by atoms with van der Waals surface area (Å²) in [6.45, 7) is -0.431. The number of rotatable bonds is 4. The summed E-state index contributed by atoms with van der Waals surface area (Å²) in [4.78, 5) is 10.7. The summed E-state index contributed by atoms with van der Waals surface area (Å²) in [5.74, 6) is -0.291. The van der Waals surface area contributed by atoms with Gasteiger partial charge in [0.1, 0.15) is 18.6 Å². The van der Waals surface area contributed by atoms with Gasteiger partial charge in [-0.15, -0.1) is 0 Å². The van der Waals surface area contributed by atoms with E-state index in [1.807, 2.05) is 0 Å². The molecule has 0 saturated carbocycles. The highest BCUT2D eigenvalue weighted by atomic mass is 35.5. The predicted octanol–water partition coefficient (Wildman–Crippen LogP) is 5.77. The lowest BCUT2D eigenvalue weighted by atomic mass is 10.1. The van der Waals surface area contributed by atoms with Crippen LogP contribution in [-0.4, -0.2) is 6.29 Å². The standard InChI is InChI=1S/C16H9ClF6O2/c17-14-2-1-9(5-13(14)16(21,22)23)8-25-12-4-10(7-24)3-11(6-12)15(18,19)20/h1-7H,8H2. The molecular weight excluding hydrogens is 374 g/mol. The number of benzene rings is 2. The number of hydrogen-bond acceptors (Lipinski definition) is 2. The molecular formula is C16H9ClF6O2. The molecule has 0 bridgehead atoms. The monoisotopic (exact) mass is 382 g/mol. The SMILES string of the molecule is O=Cc1cc(OCc2ccc(Cl)c(C(F)(F)F)c2)cc(C(F)(F)F)c1. The number of aldehydes is 1. The highest BCUT2D eigenvalue weighted by molar-refractivity contribution is 6.31. The highest BCUT2D eigenvalue weighted by Crippen LogP contribution is 2.36. The number of carbonyl (C=O) groups is 1. The van der Waals surface area contributed by atoms with Gasteiger partial charge in [-0.05, 0) is 35.9 Å². The molecule has 9 heteroatoms. The summed E-state index contributed by atoms with van der Waals surface area (Å²) in [7, 11) is 0. The molecule has 0 aliphatic rings. The van der Waals surface area contributed by atoms with Gasteiger partial charge in [0.15, 0.2) is 0 Å². The van der Waals surface area contributed by atoms with Gasteiger partial charge >= 0.3 is 12.4 Å². The Morgan fingerprint density at radius 3 is 2.20 bits per heavy atom. The first kappa shape index (κ1) is 19.1. The van der Waals surface area contributed by atoms with Crippen molar-refractivity contribution in [1.29, 1.82) is 0 Å². The third kappa shape index (κ3) is 4.88. The van der Waals surface area contributed by atoms with Crippen molar-refractivity contribution in [3.05, 3.63) is 63.7 Å². The molecule has 0 unspecified atom stereocenters. The third-order valence-corrected chi connectivity index (χ3v) is 3.46. The van der Waals surface area contributed by atoms with E-state index in [0.29, 0.717) is 12.1 Å².